The number of Topliss-reactive ketones (excluding diaryl/α,β-unsaturated/α-hetero) is 1. The summed E-state index contributed by atoms with van der Waals surface area (Å²) < 4.78 is 10.4. The van der Waals surface area contributed by atoms with Crippen LogP contribution in [0.5, 0.6) is 0 Å². The molecule has 0 aliphatic carbocycles. The average molecular weight is 278 g/mol. The fourth-order valence-electron chi connectivity index (χ4n) is 0.955. The molecule has 0 fully saturated rings. The number of hydrogen-bond acceptors (Lipinski definition) is 4. The molecule has 0 atom stereocenters. The minimum Gasteiger partial charge on any atom is -0.477 e. The molecule has 6 heteroatoms. The summed E-state index contributed by atoms with van der Waals surface area (Å²) in [6, 6.07) is 0. The summed E-state index contributed by atoms with van der Waals surface area (Å²) in [5, 5.41) is 8.90. The summed E-state index contributed by atoms with van der Waals surface area (Å²) in [4.78, 5) is 22.1. The molecule has 0 amide bonds. The second-order valence-corrected chi connectivity index (χ2v) is 3.86. The van der Waals surface area contributed by atoms with Crippen molar-refractivity contribution in [1.82, 2.24) is 0 Å². The Morgan fingerprint density at radius 1 is 1.00 bits per heavy atom. The van der Waals surface area contributed by atoms with Gasteiger partial charge in [-0.2, -0.15) is 0 Å². The van der Waals surface area contributed by atoms with Crippen molar-refractivity contribution in [2.75, 3.05) is 0 Å². The predicted octanol–water partition coefficient (Wildman–Crippen LogP) is 1.72. The fraction of sp³-hybridized carbons (Fsp3) is 0.636. The van der Waals surface area contributed by atoms with Crippen LogP contribution in [0.3, 0.4) is 0 Å². The first kappa shape index (κ1) is 18.6. The quantitative estimate of drug-likeness (QED) is 0.263. The molecule has 0 unspecified atom stereocenters. The molecule has 0 rings (SSSR count). The van der Waals surface area contributed by atoms with Crippen LogP contribution in [0, 0.1) is 0 Å². The zero-order valence-electron chi connectivity index (χ0n) is 10.7. The van der Waals surface area contributed by atoms with Gasteiger partial charge in [-0.1, -0.05) is 0 Å². The maximum absolute atomic E-state index is 11.2. The number of carbonyl (C=O) groups excluding carboxylic acids is 1. The van der Waals surface area contributed by atoms with E-state index in [2.05, 4.69) is 0 Å². The zero-order chi connectivity index (χ0) is 12.9. The summed E-state index contributed by atoms with van der Waals surface area (Å²) in [6.07, 6.45) is -0.523. The summed E-state index contributed by atoms with van der Waals surface area (Å²) in [5.41, 5.74) is -0.456. The third-order valence-corrected chi connectivity index (χ3v) is 1.46. The van der Waals surface area contributed by atoms with E-state index in [1.807, 2.05) is 0 Å². The van der Waals surface area contributed by atoms with Crippen LogP contribution < -0.4 is 0 Å². The van der Waals surface area contributed by atoms with E-state index in [9.17, 15) is 9.59 Å². The molecule has 0 spiro atoms. The van der Waals surface area contributed by atoms with Gasteiger partial charge in [0.2, 0.25) is 0 Å². The molecular weight excluding hydrogens is 260 g/mol. The van der Waals surface area contributed by atoms with Crippen LogP contribution in [0.2, 0.25) is 0 Å². The Balaban J connectivity index is 0. The monoisotopic (exact) mass is 278 g/mol. The van der Waals surface area contributed by atoms with Gasteiger partial charge in [0.05, 0.1) is 12.2 Å². The van der Waals surface area contributed by atoms with Crippen LogP contribution in [0.4, 0.5) is 0 Å². The summed E-state index contributed by atoms with van der Waals surface area (Å²) >= 11 is 0. The molecule has 5 nitrogen and oxygen atoms in total. The molecule has 0 heterocycles. The van der Waals surface area contributed by atoms with Gasteiger partial charge in [-0.15, -0.1) is 0 Å². The summed E-state index contributed by atoms with van der Waals surface area (Å²) in [6.45, 7) is 8.07. The molecular formula is C11H18O5Ti. The van der Waals surface area contributed by atoms with Gasteiger partial charge in [-0.05, 0) is 34.6 Å². The van der Waals surface area contributed by atoms with Crippen molar-refractivity contribution in [3.8, 4) is 0 Å². The molecule has 0 aliphatic rings. The second-order valence-electron chi connectivity index (χ2n) is 3.86. The molecule has 96 valence electrons. The standard InChI is InChI=1S/C11H18O5.Ti/c1-6(2)15-11(16-7(3)4)9(8(5)12)10(13)14;/h6-7H,1-5H3,(H,13,14);. The first-order valence-corrected chi connectivity index (χ1v) is 5.07. The van der Waals surface area contributed by atoms with E-state index in [0.29, 0.717) is 0 Å². The maximum atomic E-state index is 11.2. The smallest absolute Gasteiger partial charge is 0.346 e. The molecule has 0 aromatic carbocycles. The van der Waals surface area contributed by atoms with Crippen LogP contribution in [-0.2, 0) is 40.8 Å². The molecule has 0 radical (unpaired) electrons. The van der Waals surface area contributed by atoms with Crippen molar-refractivity contribution in [2.45, 2.75) is 46.8 Å². The van der Waals surface area contributed by atoms with E-state index < -0.39 is 17.3 Å². The number of carboxylic acid groups (broad SMARTS) is 1. The molecule has 0 bridgehead atoms. The molecule has 1 N–H and O–H groups in total. The number of rotatable bonds is 6. The minimum absolute atomic E-state index is 0. The van der Waals surface area contributed by atoms with Gasteiger partial charge >= 0.3 is 5.97 Å². The largest absolute Gasteiger partial charge is 0.477 e. The van der Waals surface area contributed by atoms with Gasteiger partial charge in [0.1, 0.15) is 0 Å². The van der Waals surface area contributed by atoms with Crippen LogP contribution in [0.25, 0.3) is 0 Å². The third-order valence-electron chi connectivity index (χ3n) is 1.46. The van der Waals surface area contributed by atoms with Crippen LogP contribution in [0.1, 0.15) is 34.6 Å². The van der Waals surface area contributed by atoms with E-state index in [0.717, 1.165) is 6.92 Å². The van der Waals surface area contributed by atoms with Crippen molar-refractivity contribution in [2.24, 2.45) is 0 Å². The Morgan fingerprint density at radius 2 is 1.35 bits per heavy atom. The average Bonchev–Trinajstić information content (AvgIpc) is 1.98. The van der Waals surface area contributed by atoms with Crippen LogP contribution >= 0.6 is 0 Å². The first-order chi connectivity index (χ1) is 7.25. The van der Waals surface area contributed by atoms with Gasteiger partial charge < -0.3 is 14.6 Å². The minimum atomic E-state index is -1.34. The Kier molecular flexibility index (Phi) is 9.07. The molecule has 0 saturated heterocycles. The maximum Gasteiger partial charge on any atom is 0.346 e. The van der Waals surface area contributed by atoms with E-state index in [1.54, 1.807) is 27.7 Å². The van der Waals surface area contributed by atoms with Gasteiger partial charge in [0, 0.05) is 21.7 Å². The summed E-state index contributed by atoms with van der Waals surface area (Å²) in [7, 11) is 0. The Morgan fingerprint density at radius 3 is 1.53 bits per heavy atom. The van der Waals surface area contributed by atoms with Crippen molar-refractivity contribution in [1.29, 1.82) is 0 Å². The second kappa shape index (κ2) is 8.31. The number of aliphatic carboxylic acids is 1. The van der Waals surface area contributed by atoms with Crippen LogP contribution in [0.15, 0.2) is 11.5 Å². The van der Waals surface area contributed by atoms with E-state index in [-0.39, 0.29) is 39.9 Å². The van der Waals surface area contributed by atoms with Crippen LogP contribution in [-0.4, -0.2) is 29.1 Å². The third kappa shape index (κ3) is 7.18. The van der Waals surface area contributed by atoms with E-state index >= 15 is 0 Å². The number of carboxylic acids is 1. The van der Waals surface area contributed by atoms with Crippen molar-refractivity contribution in [3.05, 3.63) is 11.5 Å². The summed E-state index contributed by atoms with van der Waals surface area (Å²) in [5.74, 6) is -2.15. The number of ether oxygens (including phenoxy) is 2. The molecule has 17 heavy (non-hydrogen) atoms. The number of hydrogen-bond donors (Lipinski definition) is 1. The van der Waals surface area contributed by atoms with Gasteiger partial charge in [0.15, 0.2) is 11.4 Å². The van der Waals surface area contributed by atoms with E-state index in [4.69, 9.17) is 14.6 Å². The van der Waals surface area contributed by atoms with Crippen molar-refractivity contribution in [3.63, 3.8) is 0 Å². The van der Waals surface area contributed by atoms with Gasteiger partial charge in [-0.25, -0.2) is 4.79 Å². The number of ketones is 1. The first-order valence-electron chi connectivity index (χ1n) is 5.07. The van der Waals surface area contributed by atoms with Crippen molar-refractivity contribution >= 4 is 11.8 Å². The topological polar surface area (TPSA) is 72.8 Å². The van der Waals surface area contributed by atoms with Gasteiger partial charge in [-0.3, -0.25) is 4.79 Å². The van der Waals surface area contributed by atoms with E-state index in [1.165, 1.54) is 0 Å². The van der Waals surface area contributed by atoms with Crippen molar-refractivity contribution < 1.29 is 45.9 Å². The molecule has 0 aromatic heterocycles. The molecule has 0 saturated carbocycles. The Labute approximate surface area is 116 Å². The fourth-order valence-corrected chi connectivity index (χ4v) is 0.955. The SMILES string of the molecule is CC(=O)C(C(=O)O)=C(OC(C)C)OC(C)C.[Ti]. The van der Waals surface area contributed by atoms with Gasteiger partial charge in [0.25, 0.3) is 5.95 Å². The number of carbonyl (C=O) groups is 2. The molecule has 0 aliphatic heterocycles. The normalized spacial score (nSPS) is 9.59. The Bertz CT molecular complexity index is 279. The molecule has 0 aromatic rings. The Hall–Kier alpha value is -0.806. The predicted molar refractivity (Wildman–Crippen MR) is 57.8 cm³/mol. The zero-order valence-corrected chi connectivity index (χ0v) is 12.3.